The molecule has 2 atom stereocenters. The molecule has 0 saturated carbocycles. The summed E-state index contributed by atoms with van der Waals surface area (Å²) < 4.78 is 14.7. The van der Waals surface area contributed by atoms with Crippen molar-refractivity contribution in [2.75, 3.05) is 0 Å². The summed E-state index contributed by atoms with van der Waals surface area (Å²) in [4.78, 5) is 0. The normalized spacial score (nSPS) is 26.8. The number of allylic oxidation sites excluding steroid dienone is 4. The topological polar surface area (TPSA) is 23.8 Å². The molecule has 2 heteroatoms. The Bertz CT molecular complexity index is 510. The number of aryl methyl sites for hydroxylation is 1. The third-order valence-corrected chi connectivity index (χ3v) is 3.00. The van der Waals surface area contributed by atoms with Crippen molar-refractivity contribution in [3.63, 3.8) is 0 Å². The van der Waals surface area contributed by atoms with Gasteiger partial charge in [-0.1, -0.05) is 48.1 Å². The summed E-state index contributed by atoms with van der Waals surface area (Å²) in [6.07, 6.45) is 6.75. The first kappa shape index (κ1) is 11.6. The maximum absolute atomic E-state index is 14.7. The van der Waals surface area contributed by atoms with Crippen LogP contribution in [0, 0.1) is 24.2 Å². The molecule has 0 spiro atoms. The number of nitrogens with zero attached hydrogens (tertiary/aromatic N) is 1. The number of alkyl halides is 1. The van der Waals surface area contributed by atoms with Crippen molar-refractivity contribution in [2.45, 2.75) is 19.0 Å². The molecule has 0 aromatic heterocycles. The molecule has 0 bridgehead atoms. The predicted octanol–water partition coefficient (Wildman–Crippen LogP) is 3.51. The van der Waals surface area contributed by atoms with Gasteiger partial charge < -0.3 is 0 Å². The number of benzene rings is 1. The van der Waals surface area contributed by atoms with E-state index in [2.05, 4.69) is 0 Å². The van der Waals surface area contributed by atoms with Gasteiger partial charge in [-0.25, -0.2) is 4.39 Å². The lowest BCUT2D eigenvalue weighted by atomic mass is 9.81. The predicted molar refractivity (Wildman–Crippen MR) is 66.1 cm³/mol. The molecule has 17 heavy (non-hydrogen) atoms. The van der Waals surface area contributed by atoms with Crippen molar-refractivity contribution in [3.05, 3.63) is 59.7 Å². The van der Waals surface area contributed by atoms with Crippen LogP contribution >= 0.6 is 0 Å². The van der Waals surface area contributed by atoms with Gasteiger partial charge in [-0.3, -0.25) is 0 Å². The quantitative estimate of drug-likeness (QED) is 0.758. The number of halogens is 1. The Balaban J connectivity index is 2.25. The number of rotatable bonds is 2. The zero-order valence-electron chi connectivity index (χ0n) is 9.73. The Hall–Kier alpha value is -1.88. The summed E-state index contributed by atoms with van der Waals surface area (Å²) in [5, 5.41) is 8.98. The third kappa shape index (κ3) is 2.45. The molecule has 0 heterocycles. The van der Waals surface area contributed by atoms with E-state index in [-0.39, 0.29) is 6.42 Å². The molecule has 1 aromatic rings. The minimum atomic E-state index is -1.59. The summed E-state index contributed by atoms with van der Waals surface area (Å²) in [5.74, 6) is -0.701. The summed E-state index contributed by atoms with van der Waals surface area (Å²) in [6.45, 7) is 1.98. The van der Waals surface area contributed by atoms with Crippen molar-refractivity contribution in [3.8, 4) is 6.07 Å². The minimum absolute atomic E-state index is 0.244. The molecule has 86 valence electrons. The van der Waals surface area contributed by atoms with E-state index in [0.29, 0.717) is 0 Å². The lowest BCUT2D eigenvalue weighted by molar-refractivity contribution is 0.193. The van der Waals surface area contributed by atoms with Crippen molar-refractivity contribution in [1.82, 2.24) is 0 Å². The fraction of sp³-hybridized carbons (Fsp3) is 0.267. The first-order valence-electron chi connectivity index (χ1n) is 5.64. The monoisotopic (exact) mass is 227 g/mol. The van der Waals surface area contributed by atoms with Crippen molar-refractivity contribution < 1.29 is 4.39 Å². The van der Waals surface area contributed by atoms with E-state index in [1.165, 1.54) is 6.08 Å². The fourth-order valence-electron chi connectivity index (χ4n) is 2.11. The molecule has 0 saturated heterocycles. The molecule has 1 nitrogen and oxygen atoms in total. The van der Waals surface area contributed by atoms with Gasteiger partial charge >= 0.3 is 0 Å². The van der Waals surface area contributed by atoms with E-state index in [0.717, 1.165) is 11.1 Å². The van der Waals surface area contributed by atoms with Crippen molar-refractivity contribution in [2.24, 2.45) is 5.92 Å². The lowest BCUT2D eigenvalue weighted by Gasteiger charge is -2.26. The van der Waals surface area contributed by atoms with Crippen molar-refractivity contribution in [1.29, 1.82) is 5.26 Å². The van der Waals surface area contributed by atoms with Gasteiger partial charge in [0.15, 0.2) is 5.67 Å². The Morgan fingerprint density at radius 3 is 2.94 bits per heavy atom. The largest absolute Gasteiger partial charge is 0.237 e. The molecule has 0 amide bonds. The van der Waals surface area contributed by atoms with Crippen LogP contribution in [-0.2, 0) is 6.42 Å². The van der Waals surface area contributed by atoms with Gasteiger partial charge in [-0.2, -0.15) is 5.26 Å². The van der Waals surface area contributed by atoms with Gasteiger partial charge in [0.1, 0.15) is 5.92 Å². The van der Waals surface area contributed by atoms with Crippen LogP contribution in [0.15, 0.2) is 48.6 Å². The summed E-state index contributed by atoms with van der Waals surface area (Å²) >= 11 is 0. The number of nitriles is 1. The average molecular weight is 227 g/mol. The zero-order valence-corrected chi connectivity index (χ0v) is 9.73. The van der Waals surface area contributed by atoms with Crippen LogP contribution in [-0.4, -0.2) is 5.67 Å². The molecule has 0 fully saturated rings. The molecule has 1 aliphatic carbocycles. The number of hydrogen-bond acceptors (Lipinski definition) is 1. The minimum Gasteiger partial charge on any atom is -0.237 e. The zero-order chi connectivity index (χ0) is 12.3. The second kappa shape index (κ2) is 4.55. The lowest BCUT2D eigenvalue weighted by Crippen LogP contribution is -2.32. The van der Waals surface area contributed by atoms with E-state index >= 15 is 0 Å². The Morgan fingerprint density at radius 2 is 2.24 bits per heavy atom. The number of hydrogen-bond donors (Lipinski definition) is 0. The second-order valence-corrected chi connectivity index (χ2v) is 4.44. The smallest absolute Gasteiger partial charge is 0.152 e. The highest BCUT2D eigenvalue weighted by Crippen LogP contribution is 2.32. The van der Waals surface area contributed by atoms with E-state index in [1.807, 2.05) is 37.3 Å². The second-order valence-electron chi connectivity index (χ2n) is 4.44. The van der Waals surface area contributed by atoms with Crippen LogP contribution in [0.3, 0.4) is 0 Å². The summed E-state index contributed by atoms with van der Waals surface area (Å²) in [7, 11) is 0. The van der Waals surface area contributed by atoms with E-state index < -0.39 is 11.6 Å². The molecule has 2 unspecified atom stereocenters. The van der Waals surface area contributed by atoms with Crippen LogP contribution in [0.2, 0.25) is 0 Å². The van der Waals surface area contributed by atoms with Gasteiger partial charge in [-0.15, -0.1) is 0 Å². The van der Waals surface area contributed by atoms with E-state index in [4.69, 9.17) is 5.26 Å². The van der Waals surface area contributed by atoms with Crippen LogP contribution in [0.4, 0.5) is 4.39 Å². The molecular weight excluding hydrogens is 213 g/mol. The summed E-state index contributed by atoms with van der Waals surface area (Å²) in [6, 6.07) is 9.77. The van der Waals surface area contributed by atoms with Gasteiger partial charge in [0, 0.05) is 6.42 Å². The van der Waals surface area contributed by atoms with Gasteiger partial charge in [-0.05, 0) is 18.6 Å². The third-order valence-electron chi connectivity index (χ3n) is 3.00. The summed E-state index contributed by atoms with van der Waals surface area (Å²) in [5.41, 5.74) is 0.444. The molecule has 1 aromatic carbocycles. The average Bonchev–Trinajstić information content (AvgIpc) is 2.29. The van der Waals surface area contributed by atoms with Crippen LogP contribution in [0.25, 0.3) is 0 Å². The van der Waals surface area contributed by atoms with Gasteiger partial charge in [0.2, 0.25) is 0 Å². The Kier molecular flexibility index (Phi) is 3.10. The van der Waals surface area contributed by atoms with Crippen LogP contribution in [0.1, 0.15) is 11.1 Å². The molecule has 2 rings (SSSR count). The highest BCUT2D eigenvalue weighted by atomic mass is 19.1. The van der Waals surface area contributed by atoms with Crippen molar-refractivity contribution >= 4 is 0 Å². The molecule has 0 radical (unpaired) electrons. The van der Waals surface area contributed by atoms with Crippen LogP contribution < -0.4 is 0 Å². The van der Waals surface area contributed by atoms with Crippen LogP contribution in [0.5, 0.6) is 0 Å². The Labute approximate surface area is 101 Å². The fourth-order valence-corrected chi connectivity index (χ4v) is 2.11. The maximum Gasteiger partial charge on any atom is 0.152 e. The highest BCUT2D eigenvalue weighted by molar-refractivity contribution is 5.32. The van der Waals surface area contributed by atoms with Gasteiger partial charge in [0.05, 0.1) is 6.07 Å². The molecular formula is C15H14FN. The molecule has 1 aliphatic rings. The van der Waals surface area contributed by atoms with E-state index in [9.17, 15) is 4.39 Å². The first-order chi connectivity index (χ1) is 8.14. The maximum atomic E-state index is 14.7. The molecule has 0 N–H and O–H groups in total. The molecule has 0 aliphatic heterocycles. The Morgan fingerprint density at radius 1 is 1.41 bits per heavy atom. The first-order valence-corrected chi connectivity index (χ1v) is 5.64. The van der Waals surface area contributed by atoms with E-state index in [1.54, 1.807) is 18.2 Å². The highest BCUT2D eigenvalue weighted by Gasteiger charge is 2.36. The van der Waals surface area contributed by atoms with Gasteiger partial charge in [0.25, 0.3) is 0 Å². The standard InChI is InChI=1S/C15H14FN/c1-12-5-4-6-13(9-12)10-15(16)8-3-2-7-14(15)11-17/h2-9,14H,10H2,1H3. The SMILES string of the molecule is Cc1cccc(CC2(F)C=CC=CC2C#N)c1.